The number of aromatic nitrogens is 4. The van der Waals surface area contributed by atoms with Gasteiger partial charge in [0, 0.05) is 37.0 Å². The van der Waals surface area contributed by atoms with Gasteiger partial charge in [-0.2, -0.15) is 9.36 Å². The topological polar surface area (TPSA) is 75.9 Å². The third-order valence-corrected chi connectivity index (χ3v) is 5.21. The molecule has 3 heterocycles. The monoisotopic (exact) mass is 338 g/mol. The van der Waals surface area contributed by atoms with Crippen LogP contribution in [-0.2, 0) is 0 Å². The van der Waals surface area contributed by atoms with Gasteiger partial charge in [-0.15, -0.1) is 0 Å². The van der Waals surface area contributed by atoms with E-state index in [1.807, 2.05) is 23.7 Å². The standard InChI is InChI=1S/C13H18N6OS2/c1-9-3-5-18(7-10(9)19-6-4-14-8-19)13(20)16-11-15-12(21-2)17-22-11/h4,6,8-10H,3,5,7H2,1-2H3,(H,15,16,17,20)/t9-,10+/m0/s1. The number of urea groups is 1. The number of hydrogen-bond donors (Lipinski definition) is 1. The minimum atomic E-state index is -0.110. The molecule has 2 aromatic rings. The van der Waals surface area contributed by atoms with E-state index < -0.39 is 0 Å². The fourth-order valence-corrected chi connectivity index (χ4v) is 3.72. The Morgan fingerprint density at radius 2 is 2.41 bits per heavy atom. The van der Waals surface area contributed by atoms with Gasteiger partial charge in [-0.3, -0.25) is 5.32 Å². The number of anilines is 1. The molecular weight excluding hydrogens is 320 g/mol. The minimum Gasteiger partial charge on any atom is -0.332 e. The van der Waals surface area contributed by atoms with E-state index in [-0.39, 0.29) is 12.1 Å². The van der Waals surface area contributed by atoms with Gasteiger partial charge in [0.2, 0.25) is 10.3 Å². The van der Waals surface area contributed by atoms with Gasteiger partial charge in [0.1, 0.15) is 0 Å². The zero-order valence-corrected chi connectivity index (χ0v) is 14.1. The van der Waals surface area contributed by atoms with E-state index in [2.05, 4.69) is 31.1 Å². The Balaban J connectivity index is 1.65. The lowest BCUT2D eigenvalue weighted by Gasteiger charge is -2.37. The average molecular weight is 338 g/mol. The molecule has 0 bridgehead atoms. The van der Waals surface area contributed by atoms with Crippen molar-refractivity contribution in [1.29, 1.82) is 0 Å². The summed E-state index contributed by atoms with van der Waals surface area (Å²) in [6, 6.07) is 0.152. The fourth-order valence-electron chi connectivity index (χ4n) is 2.60. The number of carbonyl (C=O) groups excluding carboxylic acids is 1. The van der Waals surface area contributed by atoms with E-state index >= 15 is 0 Å². The number of hydrogen-bond acceptors (Lipinski definition) is 6. The van der Waals surface area contributed by atoms with Crippen molar-refractivity contribution in [2.45, 2.75) is 24.5 Å². The number of nitrogens with one attached hydrogen (secondary N) is 1. The Hall–Kier alpha value is -1.61. The van der Waals surface area contributed by atoms with Crippen LogP contribution >= 0.6 is 23.3 Å². The lowest BCUT2D eigenvalue weighted by atomic mass is 9.93. The van der Waals surface area contributed by atoms with Crippen LogP contribution in [0.4, 0.5) is 9.93 Å². The number of thioether (sulfide) groups is 1. The van der Waals surface area contributed by atoms with Crippen LogP contribution in [0.25, 0.3) is 0 Å². The van der Waals surface area contributed by atoms with E-state index in [4.69, 9.17) is 0 Å². The Bertz CT molecular complexity index is 628. The van der Waals surface area contributed by atoms with Crippen molar-refractivity contribution in [2.24, 2.45) is 5.92 Å². The highest BCUT2D eigenvalue weighted by Crippen LogP contribution is 2.28. The largest absolute Gasteiger partial charge is 0.332 e. The first-order valence-electron chi connectivity index (χ1n) is 7.08. The quantitative estimate of drug-likeness (QED) is 0.871. The summed E-state index contributed by atoms with van der Waals surface area (Å²) in [5.41, 5.74) is 0. The number of rotatable bonds is 3. The number of carbonyl (C=O) groups is 1. The molecule has 1 aliphatic heterocycles. The van der Waals surface area contributed by atoms with Crippen LogP contribution in [0.1, 0.15) is 19.4 Å². The van der Waals surface area contributed by atoms with Gasteiger partial charge >= 0.3 is 6.03 Å². The van der Waals surface area contributed by atoms with Crippen LogP contribution in [0.5, 0.6) is 0 Å². The van der Waals surface area contributed by atoms with Crippen molar-refractivity contribution in [3.8, 4) is 0 Å². The van der Waals surface area contributed by atoms with Crippen LogP contribution in [0.15, 0.2) is 23.9 Å². The second kappa shape index (κ2) is 6.66. The molecule has 1 saturated heterocycles. The van der Waals surface area contributed by atoms with Crippen LogP contribution in [0.2, 0.25) is 0 Å². The summed E-state index contributed by atoms with van der Waals surface area (Å²) >= 11 is 2.67. The SMILES string of the molecule is CSc1nsc(NC(=O)N2CC[C@H](C)[C@H](n3ccnc3)C2)n1. The maximum absolute atomic E-state index is 12.4. The van der Waals surface area contributed by atoms with Crippen molar-refractivity contribution in [3.05, 3.63) is 18.7 Å². The molecule has 3 rings (SSSR count). The molecule has 22 heavy (non-hydrogen) atoms. The number of imidazole rings is 1. The van der Waals surface area contributed by atoms with Crippen LogP contribution in [0, 0.1) is 5.92 Å². The molecule has 2 amide bonds. The summed E-state index contributed by atoms with van der Waals surface area (Å²) < 4.78 is 6.23. The number of nitrogens with zero attached hydrogens (tertiary/aromatic N) is 5. The second-order valence-corrected chi connectivity index (χ2v) is 6.83. The van der Waals surface area contributed by atoms with Gasteiger partial charge in [0.15, 0.2) is 0 Å². The van der Waals surface area contributed by atoms with Crippen molar-refractivity contribution < 1.29 is 4.79 Å². The van der Waals surface area contributed by atoms with E-state index in [0.717, 1.165) is 13.0 Å². The summed E-state index contributed by atoms with van der Waals surface area (Å²) in [5, 5.41) is 4.07. The van der Waals surface area contributed by atoms with Crippen LogP contribution in [-0.4, -0.2) is 49.2 Å². The van der Waals surface area contributed by atoms with E-state index in [1.54, 1.807) is 6.20 Å². The maximum Gasteiger partial charge on any atom is 0.323 e. The Kier molecular flexibility index (Phi) is 4.63. The summed E-state index contributed by atoms with van der Waals surface area (Å²) in [6.45, 7) is 3.65. The number of likely N-dealkylation sites (tertiary alicyclic amines) is 1. The molecule has 0 radical (unpaired) electrons. The zero-order valence-electron chi connectivity index (χ0n) is 12.5. The molecule has 9 heteroatoms. The predicted octanol–water partition coefficient (Wildman–Crippen LogP) is 2.57. The normalized spacial score (nSPS) is 21.8. The van der Waals surface area contributed by atoms with Gasteiger partial charge in [-0.05, 0) is 18.6 Å². The first-order chi connectivity index (χ1) is 10.7. The Morgan fingerprint density at radius 1 is 1.55 bits per heavy atom. The van der Waals surface area contributed by atoms with Gasteiger partial charge in [-0.25, -0.2) is 9.78 Å². The van der Waals surface area contributed by atoms with Gasteiger partial charge in [-0.1, -0.05) is 18.7 Å². The first-order valence-corrected chi connectivity index (χ1v) is 9.08. The maximum atomic E-state index is 12.4. The molecule has 2 atom stereocenters. The number of amides is 2. The fraction of sp³-hybridized carbons (Fsp3) is 0.538. The lowest BCUT2D eigenvalue weighted by Crippen LogP contribution is -2.45. The summed E-state index contributed by atoms with van der Waals surface area (Å²) in [6.07, 6.45) is 8.44. The molecule has 1 aliphatic rings. The van der Waals surface area contributed by atoms with E-state index in [9.17, 15) is 4.79 Å². The third kappa shape index (κ3) is 3.25. The third-order valence-electron chi connectivity index (χ3n) is 3.92. The molecule has 0 spiro atoms. The van der Waals surface area contributed by atoms with Gasteiger partial charge in [0.05, 0.1) is 12.4 Å². The highest BCUT2D eigenvalue weighted by molar-refractivity contribution is 7.98. The zero-order chi connectivity index (χ0) is 15.5. The minimum absolute atomic E-state index is 0.110. The molecule has 7 nitrogen and oxygen atoms in total. The molecule has 1 fully saturated rings. The van der Waals surface area contributed by atoms with Gasteiger partial charge < -0.3 is 9.47 Å². The number of piperidine rings is 1. The highest BCUT2D eigenvalue weighted by atomic mass is 32.2. The second-order valence-electron chi connectivity index (χ2n) is 5.31. The highest BCUT2D eigenvalue weighted by Gasteiger charge is 2.30. The first kappa shape index (κ1) is 15.3. The molecule has 0 aliphatic carbocycles. The van der Waals surface area contributed by atoms with Crippen molar-refractivity contribution in [2.75, 3.05) is 24.7 Å². The summed E-state index contributed by atoms with van der Waals surface area (Å²) in [7, 11) is 0. The molecule has 118 valence electrons. The lowest BCUT2D eigenvalue weighted by molar-refractivity contribution is 0.149. The van der Waals surface area contributed by atoms with Crippen molar-refractivity contribution in [1.82, 2.24) is 23.8 Å². The predicted molar refractivity (Wildman–Crippen MR) is 87.3 cm³/mol. The van der Waals surface area contributed by atoms with Crippen LogP contribution in [0.3, 0.4) is 0 Å². The van der Waals surface area contributed by atoms with Crippen LogP contribution < -0.4 is 5.32 Å². The molecule has 0 aromatic carbocycles. The van der Waals surface area contributed by atoms with E-state index in [1.165, 1.54) is 23.3 Å². The average Bonchev–Trinajstić information content (AvgIpc) is 3.18. The van der Waals surface area contributed by atoms with Gasteiger partial charge in [0.25, 0.3) is 0 Å². The summed E-state index contributed by atoms with van der Waals surface area (Å²) in [5.74, 6) is 0.517. The molecule has 0 unspecified atom stereocenters. The van der Waals surface area contributed by atoms with Crippen molar-refractivity contribution in [3.63, 3.8) is 0 Å². The molecule has 1 N–H and O–H groups in total. The molecule has 2 aromatic heterocycles. The molecular formula is C13H18N6OS2. The Morgan fingerprint density at radius 3 is 3.09 bits per heavy atom. The van der Waals surface area contributed by atoms with Crippen molar-refractivity contribution >= 4 is 34.5 Å². The van der Waals surface area contributed by atoms with E-state index in [0.29, 0.717) is 22.8 Å². The summed E-state index contributed by atoms with van der Waals surface area (Å²) in [4.78, 5) is 22.6. The Labute approximate surface area is 137 Å². The molecule has 0 saturated carbocycles. The smallest absolute Gasteiger partial charge is 0.323 e.